The van der Waals surface area contributed by atoms with Gasteiger partial charge in [-0.05, 0) is 38.1 Å². The van der Waals surface area contributed by atoms with Crippen molar-refractivity contribution in [3.63, 3.8) is 0 Å². The van der Waals surface area contributed by atoms with E-state index in [-0.39, 0.29) is 18.4 Å². The van der Waals surface area contributed by atoms with E-state index in [9.17, 15) is 9.59 Å². The molecular formula is C22H24N4O2. The van der Waals surface area contributed by atoms with E-state index in [1.54, 1.807) is 22.8 Å². The number of benzene rings is 2. The number of nitrogens with zero attached hydrogens (tertiary/aromatic N) is 3. The van der Waals surface area contributed by atoms with Crippen LogP contribution in [-0.2, 0) is 11.3 Å². The van der Waals surface area contributed by atoms with Gasteiger partial charge < -0.3 is 10.2 Å². The van der Waals surface area contributed by atoms with Crippen LogP contribution in [0.4, 0.5) is 0 Å². The first kappa shape index (κ1) is 19.4. The minimum atomic E-state index is -0.245. The summed E-state index contributed by atoms with van der Waals surface area (Å²) in [5.74, 6) is -0.407. The van der Waals surface area contributed by atoms with Crippen molar-refractivity contribution in [2.45, 2.75) is 20.4 Å². The van der Waals surface area contributed by atoms with Gasteiger partial charge in [0, 0.05) is 30.9 Å². The van der Waals surface area contributed by atoms with Crippen LogP contribution in [0.5, 0.6) is 0 Å². The molecule has 6 heteroatoms. The normalized spacial score (nSPS) is 10.5. The summed E-state index contributed by atoms with van der Waals surface area (Å²) >= 11 is 0. The molecule has 0 aliphatic rings. The fourth-order valence-corrected chi connectivity index (χ4v) is 3.02. The fourth-order valence-electron chi connectivity index (χ4n) is 3.02. The van der Waals surface area contributed by atoms with Crippen molar-refractivity contribution in [3.8, 4) is 5.69 Å². The van der Waals surface area contributed by atoms with Gasteiger partial charge in [-0.2, -0.15) is 5.10 Å². The van der Waals surface area contributed by atoms with Crippen molar-refractivity contribution in [1.82, 2.24) is 20.0 Å². The van der Waals surface area contributed by atoms with E-state index in [2.05, 4.69) is 10.4 Å². The first-order valence-electron chi connectivity index (χ1n) is 9.12. The third-order valence-electron chi connectivity index (χ3n) is 4.39. The molecule has 3 rings (SSSR count). The highest BCUT2D eigenvalue weighted by Crippen LogP contribution is 2.10. The molecule has 0 bridgehead atoms. The predicted octanol–water partition coefficient (Wildman–Crippen LogP) is 2.88. The number of nitrogens with one attached hydrogen (secondary N) is 1. The van der Waals surface area contributed by atoms with Gasteiger partial charge in [-0.3, -0.25) is 9.59 Å². The SMILES string of the molecule is Cc1cc(C)cc(C(=O)NCC(=O)N(C)Cc2cnn(-c3ccccc3)c2)c1. The highest BCUT2D eigenvalue weighted by Gasteiger charge is 2.13. The molecule has 2 amide bonds. The summed E-state index contributed by atoms with van der Waals surface area (Å²) in [6.45, 7) is 4.26. The Labute approximate surface area is 164 Å². The zero-order valence-electron chi connectivity index (χ0n) is 16.3. The molecule has 0 saturated heterocycles. The number of hydrogen-bond donors (Lipinski definition) is 1. The number of carbonyl (C=O) groups is 2. The molecule has 1 heterocycles. The maximum absolute atomic E-state index is 12.4. The average Bonchev–Trinajstić information content (AvgIpc) is 3.14. The quantitative estimate of drug-likeness (QED) is 0.719. The van der Waals surface area contributed by atoms with E-state index < -0.39 is 0 Å². The Morgan fingerprint density at radius 2 is 1.75 bits per heavy atom. The molecule has 0 unspecified atom stereocenters. The highest BCUT2D eigenvalue weighted by molar-refractivity contribution is 5.96. The summed E-state index contributed by atoms with van der Waals surface area (Å²) in [5, 5.41) is 7.04. The Kier molecular flexibility index (Phi) is 5.89. The van der Waals surface area contributed by atoms with Gasteiger partial charge in [-0.1, -0.05) is 35.4 Å². The number of aryl methyl sites for hydroxylation is 2. The molecular weight excluding hydrogens is 352 g/mol. The maximum Gasteiger partial charge on any atom is 0.251 e. The Morgan fingerprint density at radius 3 is 2.43 bits per heavy atom. The second-order valence-corrected chi connectivity index (χ2v) is 6.94. The van der Waals surface area contributed by atoms with Crippen LogP contribution in [0.1, 0.15) is 27.0 Å². The topological polar surface area (TPSA) is 67.2 Å². The first-order chi connectivity index (χ1) is 13.4. The van der Waals surface area contributed by atoms with Gasteiger partial charge in [0.05, 0.1) is 18.4 Å². The Morgan fingerprint density at radius 1 is 1.07 bits per heavy atom. The summed E-state index contributed by atoms with van der Waals surface area (Å²) in [4.78, 5) is 26.3. The largest absolute Gasteiger partial charge is 0.343 e. The third kappa shape index (κ3) is 4.85. The minimum absolute atomic E-state index is 0.0465. The number of rotatable bonds is 6. The van der Waals surface area contributed by atoms with Crippen LogP contribution in [0.3, 0.4) is 0 Å². The number of carbonyl (C=O) groups excluding carboxylic acids is 2. The van der Waals surface area contributed by atoms with Crippen LogP contribution in [0.2, 0.25) is 0 Å². The Hall–Kier alpha value is -3.41. The van der Waals surface area contributed by atoms with Crippen molar-refractivity contribution in [1.29, 1.82) is 0 Å². The van der Waals surface area contributed by atoms with Gasteiger partial charge >= 0.3 is 0 Å². The second-order valence-electron chi connectivity index (χ2n) is 6.94. The lowest BCUT2D eigenvalue weighted by molar-refractivity contribution is -0.129. The van der Waals surface area contributed by atoms with Gasteiger partial charge in [0.1, 0.15) is 0 Å². The van der Waals surface area contributed by atoms with Gasteiger partial charge in [-0.15, -0.1) is 0 Å². The third-order valence-corrected chi connectivity index (χ3v) is 4.39. The van der Waals surface area contributed by atoms with Crippen LogP contribution < -0.4 is 5.32 Å². The molecule has 28 heavy (non-hydrogen) atoms. The maximum atomic E-state index is 12.4. The summed E-state index contributed by atoms with van der Waals surface area (Å²) < 4.78 is 1.77. The summed E-state index contributed by atoms with van der Waals surface area (Å²) in [5.41, 5.74) is 4.48. The van der Waals surface area contributed by atoms with Crippen molar-refractivity contribution < 1.29 is 9.59 Å². The van der Waals surface area contributed by atoms with Crippen LogP contribution in [0.15, 0.2) is 60.9 Å². The molecule has 0 atom stereocenters. The molecule has 0 saturated carbocycles. The van der Waals surface area contributed by atoms with E-state index in [4.69, 9.17) is 0 Å². The number of para-hydroxylation sites is 1. The zero-order chi connectivity index (χ0) is 20.1. The van der Waals surface area contributed by atoms with Gasteiger partial charge in [-0.25, -0.2) is 4.68 Å². The van der Waals surface area contributed by atoms with Crippen molar-refractivity contribution in [3.05, 3.63) is 83.2 Å². The first-order valence-corrected chi connectivity index (χ1v) is 9.12. The molecule has 3 aromatic rings. The van der Waals surface area contributed by atoms with E-state index in [0.29, 0.717) is 12.1 Å². The standard InChI is InChI=1S/C22H24N4O2/c1-16-9-17(2)11-19(10-16)22(28)23-13-21(27)25(3)14-18-12-24-26(15-18)20-7-5-4-6-8-20/h4-12,15H,13-14H2,1-3H3,(H,23,28). The number of aromatic nitrogens is 2. The van der Waals surface area contributed by atoms with Crippen LogP contribution >= 0.6 is 0 Å². The van der Waals surface area contributed by atoms with Crippen molar-refractivity contribution in [2.75, 3.05) is 13.6 Å². The van der Waals surface area contributed by atoms with Crippen LogP contribution in [0.25, 0.3) is 5.69 Å². The molecule has 1 aromatic heterocycles. The molecule has 1 N–H and O–H groups in total. The lowest BCUT2D eigenvalue weighted by Gasteiger charge is -2.16. The molecule has 2 aromatic carbocycles. The molecule has 0 spiro atoms. The summed E-state index contributed by atoms with van der Waals surface area (Å²) in [6, 6.07) is 15.4. The number of amides is 2. The lowest BCUT2D eigenvalue weighted by atomic mass is 10.1. The smallest absolute Gasteiger partial charge is 0.251 e. The Balaban J connectivity index is 1.55. The van der Waals surface area contributed by atoms with Gasteiger partial charge in [0.2, 0.25) is 5.91 Å². The fraction of sp³-hybridized carbons (Fsp3) is 0.227. The van der Waals surface area contributed by atoms with Crippen molar-refractivity contribution >= 4 is 11.8 Å². The molecule has 0 radical (unpaired) electrons. The van der Waals surface area contributed by atoms with E-state index in [1.165, 1.54) is 0 Å². The average molecular weight is 376 g/mol. The van der Waals surface area contributed by atoms with Gasteiger partial charge in [0.15, 0.2) is 0 Å². The zero-order valence-corrected chi connectivity index (χ0v) is 16.3. The highest BCUT2D eigenvalue weighted by atomic mass is 16.2. The molecule has 0 aliphatic heterocycles. The molecule has 6 nitrogen and oxygen atoms in total. The van der Waals surface area contributed by atoms with Crippen LogP contribution in [0, 0.1) is 13.8 Å². The molecule has 0 fully saturated rings. The summed E-state index contributed by atoms with van der Waals surface area (Å²) in [6.07, 6.45) is 3.64. The van der Waals surface area contributed by atoms with E-state index in [0.717, 1.165) is 22.4 Å². The van der Waals surface area contributed by atoms with Crippen LogP contribution in [-0.4, -0.2) is 40.1 Å². The van der Waals surface area contributed by atoms with Gasteiger partial charge in [0.25, 0.3) is 5.91 Å². The second kappa shape index (κ2) is 8.52. The number of hydrogen-bond acceptors (Lipinski definition) is 3. The van der Waals surface area contributed by atoms with Crippen molar-refractivity contribution in [2.24, 2.45) is 0 Å². The monoisotopic (exact) mass is 376 g/mol. The minimum Gasteiger partial charge on any atom is -0.343 e. The lowest BCUT2D eigenvalue weighted by Crippen LogP contribution is -2.37. The summed E-state index contributed by atoms with van der Waals surface area (Å²) in [7, 11) is 1.71. The van der Waals surface area contributed by atoms with E-state index >= 15 is 0 Å². The predicted molar refractivity (Wildman–Crippen MR) is 108 cm³/mol. The van der Waals surface area contributed by atoms with E-state index in [1.807, 2.05) is 68.6 Å². The molecule has 144 valence electrons. The molecule has 0 aliphatic carbocycles. The number of likely N-dealkylation sites (N-methyl/N-ethyl adjacent to an activating group) is 1. The Bertz CT molecular complexity index is 959.